The number of halogens is 1. The highest BCUT2D eigenvalue weighted by atomic mass is 35.5. The molecule has 0 bridgehead atoms. The lowest BCUT2D eigenvalue weighted by Gasteiger charge is -2.27. The number of aliphatic hydroxyl groups excluding tert-OH is 1. The Morgan fingerprint density at radius 1 is 0.855 bits per heavy atom. The van der Waals surface area contributed by atoms with Gasteiger partial charge in [-0.3, -0.25) is 9.55 Å². The maximum absolute atomic E-state index is 14.6. The number of hydrogen-bond acceptors (Lipinski definition) is 10. The van der Waals surface area contributed by atoms with Crippen molar-refractivity contribution in [2.45, 2.75) is 103 Å². The van der Waals surface area contributed by atoms with E-state index in [2.05, 4.69) is 36.0 Å². The summed E-state index contributed by atoms with van der Waals surface area (Å²) in [5, 5.41) is 20.5. The minimum atomic E-state index is -4.43. The standard InChI is InChI=1S/C40H56ClN5O7S2/c1-29-24-30(27-42-26-29)38-43-44-39(46(38)37-34(52-5)18-17-19-35(37)53-6)45(23-16-14-12-10-8-9-11-13-15-22-40(2,3)4)55(50,51)28-33(47)32-21-20-31(41)25-36(32)54(7,48)49/h17-21,24-27,33,47H,8-16,22-23,28H2,1-7H3/t33-/m1/s1. The molecule has 55 heavy (non-hydrogen) atoms. The predicted octanol–water partition coefficient (Wildman–Crippen LogP) is 8.53. The van der Waals surface area contributed by atoms with Gasteiger partial charge in [0.05, 0.1) is 31.0 Å². The Hall–Kier alpha value is -3.72. The predicted molar refractivity (Wildman–Crippen MR) is 219 cm³/mol. The Labute approximate surface area is 332 Å². The van der Waals surface area contributed by atoms with Crippen molar-refractivity contribution in [3.8, 4) is 28.6 Å². The number of nitrogens with zero attached hydrogens (tertiary/aromatic N) is 5. The molecule has 0 saturated carbocycles. The minimum absolute atomic E-state index is 0.0169. The van der Waals surface area contributed by atoms with Gasteiger partial charge in [0.25, 0.3) is 0 Å². The number of unbranched alkanes of at least 4 members (excludes halogenated alkanes) is 8. The van der Waals surface area contributed by atoms with Crippen LogP contribution >= 0.6 is 11.6 Å². The molecule has 2 aromatic heterocycles. The highest BCUT2D eigenvalue weighted by Crippen LogP contribution is 2.39. The fourth-order valence-electron chi connectivity index (χ4n) is 6.56. The highest BCUT2D eigenvalue weighted by molar-refractivity contribution is 7.92. The summed E-state index contributed by atoms with van der Waals surface area (Å²) >= 11 is 6.11. The SMILES string of the molecule is COc1cccc(OC)c1-n1c(-c2cncc(C)c2)nnc1N(CCCCCCCCCCCC(C)(C)C)S(=O)(=O)C[C@@H](O)c1ccc(Cl)cc1S(C)(=O)=O. The molecule has 0 aliphatic heterocycles. The lowest BCUT2D eigenvalue weighted by molar-refractivity contribution is 0.198. The Morgan fingerprint density at radius 3 is 2.02 bits per heavy atom. The molecule has 4 rings (SSSR count). The molecule has 0 radical (unpaired) electrons. The van der Waals surface area contributed by atoms with Crippen molar-refractivity contribution in [1.29, 1.82) is 0 Å². The van der Waals surface area contributed by atoms with Crippen LogP contribution in [0.3, 0.4) is 0 Å². The zero-order valence-corrected chi connectivity index (χ0v) is 35.5. The summed E-state index contributed by atoms with van der Waals surface area (Å²) in [4.78, 5) is 4.09. The number of sulfonamides is 1. The first-order valence-corrected chi connectivity index (χ1v) is 22.6. The molecule has 0 aliphatic carbocycles. The lowest BCUT2D eigenvalue weighted by Crippen LogP contribution is -2.38. The molecule has 0 aliphatic rings. The van der Waals surface area contributed by atoms with E-state index in [-0.39, 0.29) is 33.8 Å². The van der Waals surface area contributed by atoms with Crippen molar-refractivity contribution < 1.29 is 31.4 Å². The third-order valence-electron chi connectivity index (χ3n) is 9.35. The van der Waals surface area contributed by atoms with E-state index < -0.39 is 31.7 Å². The van der Waals surface area contributed by atoms with Crippen molar-refractivity contribution >= 4 is 37.4 Å². The van der Waals surface area contributed by atoms with Gasteiger partial charge >= 0.3 is 0 Å². The van der Waals surface area contributed by atoms with Crippen LogP contribution in [0.4, 0.5) is 5.95 Å². The summed E-state index contributed by atoms with van der Waals surface area (Å²) in [6.07, 6.45) is 13.0. The van der Waals surface area contributed by atoms with E-state index in [0.29, 0.717) is 34.6 Å². The average molecular weight is 819 g/mol. The molecule has 0 unspecified atom stereocenters. The van der Waals surface area contributed by atoms with Crippen LogP contribution in [0.15, 0.2) is 59.8 Å². The summed E-state index contributed by atoms with van der Waals surface area (Å²) < 4.78 is 68.9. The number of sulfone groups is 1. The van der Waals surface area contributed by atoms with Gasteiger partial charge in [0.15, 0.2) is 15.7 Å². The van der Waals surface area contributed by atoms with Gasteiger partial charge in [-0.1, -0.05) is 95.9 Å². The number of aliphatic hydroxyl groups is 1. The molecule has 0 saturated heterocycles. The van der Waals surface area contributed by atoms with E-state index in [1.54, 1.807) is 35.2 Å². The van der Waals surface area contributed by atoms with Crippen molar-refractivity contribution in [2.75, 3.05) is 37.1 Å². The van der Waals surface area contributed by atoms with Gasteiger partial charge in [-0.2, -0.15) is 0 Å². The van der Waals surface area contributed by atoms with Gasteiger partial charge in [0, 0.05) is 41.3 Å². The second-order valence-corrected chi connectivity index (χ2v) is 19.6. The van der Waals surface area contributed by atoms with Crippen LogP contribution in [0.25, 0.3) is 17.1 Å². The Bertz CT molecular complexity index is 2080. The molecule has 1 atom stereocenters. The summed E-state index contributed by atoms with van der Waals surface area (Å²) in [5.41, 5.74) is 2.07. The van der Waals surface area contributed by atoms with Crippen LogP contribution in [-0.2, 0) is 19.9 Å². The van der Waals surface area contributed by atoms with Crippen LogP contribution in [0, 0.1) is 12.3 Å². The van der Waals surface area contributed by atoms with Gasteiger partial charge in [-0.15, -0.1) is 10.2 Å². The number of aryl methyl sites for hydroxylation is 1. The lowest BCUT2D eigenvalue weighted by atomic mass is 9.89. The number of rotatable bonds is 21. The largest absolute Gasteiger partial charge is 0.494 e. The second-order valence-electron chi connectivity index (χ2n) is 15.2. The summed E-state index contributed by atoms with van der Waals surface area (Å²) in [6.45, 7) is 8.72. The number of methoxy groups -OCH3 is 2. The van der Waals surface area contributed by atoms with Crippen molar-refractivity contribution in [1.82, 2.24) is 19.7 Å². The number of benzene rings is 2. The monoisotopic (exact) mass is 817 g/mol. The average Bonchev–Trinajstić information content (AvgIpc) is 3.54. The molecule has 12 nitrogen and oxygen atoms in total. The van der Waals surface area contributed by atoms with Crippen molar-refractivity contribution in [3.05, 3.63) is 71.0 Å². The van der Waals surface area contributed by atoms with Crippen molar-refractivity contribution in [3.63, 3.8) is 0 Å². The van der Waals surface area contributed by atoms with E-state index >= 15 is 0 Å². The number of para-hydroxylation sites is 1. The summed E-state index contributed by atoms with van der Waals surface area (Å²) in [5.74, 6) is 0.133. The number of aromatic nitrogens is 4. The van der Waals surface area contributed by atoms with Gasteiger partial charge < -0.3 is 14.6 Å². The van der Waals surface area contributed by atoms with Crippen LogP contribution in [0.5, 0.6) is 11.5 Å². The molecular weight excluding hydrogens is 762 g/mol. The van der Waals surface area contributed by atoms with Crippen LogP contribution in [-0.4, -0.2) is 74.5 Å². The van der Waals surface area contributed by atoms with E-state index in [1.165, 1.54) is 64.5 Å². The molecule has 2 aromatic carbocycles. The smallest absolute Gasteiger partial charge is 0.246 e. The molecule has 15 heteroatoms. The first-order valence-electron chi connectivity index (χ1n) is 18.7. The minimum Gasteiger partial charge on any atom is -0.494 e. The fraction of sp³-hybridized carbons (Fsp3) is 0.525. The van der Waals surface area contributed by atoms with Gasteiger partial charge in [-0.05, 0) is 61.1 Å². The Morgan fingerprint density at radius 2 is 1.45 bits per heavy atom. The Balaban J connectivity index is 1.71. The van der Waals surface area contributed by atoms with E-state index in [9.17, 15) is 21.9 Å². The van der Waals surface area contributed by atoms with E-state index in [1.807, 2.05) is 13.0 Å². The topological polar surface area (TPSA) is 154 Å². The number of ether oxygens (including phenoxy) is 2. The molecular formula is C40H56ClN5O7S2. The first-order chi connectivity index (χ1) is 26.0. The molecule has 4 aromatic rings. The van der Waals surface area contributed by atoms with Gasteiger partial charge in [0.2, 0.25) is 16.0 Å². The first kappa shape index (κ1) is 44.0. The molecule has 302 valence electrons. The van der Waals surface area contributed by atoms with E-state index in [4.69, 9.17) is 21.1 Å². The van der Waals surface area contributed by atoms with E-state index in [0.717, 1.165) is 41.8 Å². The molecule has 0 spiro atoms. The van der Waals surface area contributed by atoms with Crippen LogP contribution in [0.2, 0.25) is 5.02 Å². The molecule has 0 amide bonds. The fourth-order valence-corrected chi connectivity index (χ4v) is 9.30. The Kier molecular flexibility index (Phi) is 15.5. The molecule has 0 fully saturated rings. The van der Waals surface area contributed by atoms with Crippen molar-refractivity contribution in [2.24, 2.45) is 5.41 Å². The van der Waals surface area contributed by atoms with Crippen LogP contribution < -0.4 is 13.8 Å². The van der Waals surface area contributed by atoms with Gasteiger partial charge in [0.1, 0.15) is 17.2 Å². The normalized spacial score (nSPS) is 12.8. The number of anilines is 1. The maximum atomic E-state index is 14.6. The second kappa shape index (κ2) is 19.4. The zero-order chi connectivity index (χ0) is 40.4. The summed E-state index contributed by atoms with van der Waals surface area (Å²) in [7, 11) is -5.30. The molecule has 2 heterocycles. The third kappa shape index (κ3) is 12.1. The maximum Gasteiger partial charge on any atom is 0.246 e. The molecule has 1 N–H and O–H groups in total. The zero-order valence-electron chi connectivity index (χ0n) is 33.1. The quantitative estimate of drug-likeness (QED) is 0.0810. The highest BCUT2D eigenvalue weighted by Gasteiger charge is 2.34. The number of pyridine rings is 1. The summed E-state index contributed by atoms with van der Waals surface area (Å²) in [6, 6.07) is 11.0. The number of hydrogen-bond donors (Lipinski definition) is 1. The third-order valence-corrected chi connectivity index (χ3v) is 12.5. The van der Waals surface area contributed by atoms with Gasteiger partial charge in [-0.25, -0.2) is 21.1 Å². The van der Waals surface area contributed by atoms with Crippen LogP contribution in [0.1, 0.15) is 102 Å².